The van der Waals surface area contributed by atoms with Crippen LogP contribution in [-0.2, 0) is 0 Å². The van der Waals surface area contributed by atoms with Crippen LogP contribution < -0.4 is 0 Å². The predicted octanol–water partition coefficient (Wildman–Crippen LogP) is 5.47. The van der Waals surface area contributed by atoms with Gasteiger partial charge in [-0.3, -0.25) is 0 Å². The number of hydrogen-bond acceptors (Lipinski definition) is 0. The number of halogens is 2. The zero-order valence-corrected chi connectivity index (χ0v) is 12.5. The Morgan fingerprint density at radius 2 is 1.81 bits per heavy atom. The number of fused-ring (bicyclic) bond motifs is 1. The fraction of sp³-hybridized carbons (Fsp3) is 0.526. The standard InChI is InChI=1S/C19H21F2/c1-3-13-4-5-15-9-16(7-6-14(15)8-13)17-10-18(20)12(2)19(21)11-17/h1,10-11,14-16H,4-9H2,2H3. The molecule has 0 saturated heterocycles. The van der Waals surface area contributed by atoms with E-state index in [1.165, 1.54) is 24.6 Å². The highest BCUT2D eigenvalue weighted by Crippen LogP contribution is 2.47. The molecule has 2 heteroatoms. The summed E-state index contributed by atoms with van der Waals surface area (Å²) in [6.45, 7) is 7.01. The van der Waals surface area contributed by atoms with E-state index < -0.39 is 11.6 Å². The van der Waals surface area contributed by atoms with Crippen molar-refractivity contribution in [2.24, 2.45) is 11.8 Å². The zero-order chi connectivity index (χ0) is 15.0. The average Bonchev–Trinajstić information content (AvgIpc) is 2.51. The van der Waals surface area contributed by atoms with Crippen molar-refractivity contribution >= 4 is 0 Å². The summed E-state index contributed by atoms with van der Waals surface area (Å²) in [7, 11) is 0. The van der Waals surface area contributed by atoms with Crippen LogP contribution in [0.5, 0.6) is 0 Å². The molecule has 2 saturated carbocycles. The van der Waals surface area contributed by atoms with Crippen LogP contribution in [0.4, 0.5) is 8.78 Å². The van der Waals surface area contributed by atoms with Gasteiger partial charge >= 0.3 is 0 Å². The monoisotopic (exact) mass is 287 g/mol. The number of rotatable bonds is 1. The molecule has 0 spiro atoms. The van der Waals surface area contributed by atoms with Gasteiger partial charge in [0.1, 0.15) is 11.6 Å². The molecule has 111 valence electrons. The first-order valence-electron chi connectivity index (χ1n) is 7.85. The average molecular weight is 287 g/mol. The normalized spacial score (nSPS) is 28.9. The highest BCUT2D eigenvalue weighted by atomic mass is 19.1. The molecule has 0 N–H and O–H groups in total. The van der Waals surface area contributed by atoms with Gasteiger partial charge in [-0.25, -0.2) is 8.78 Å². The minimum absolute atomic E-state index is 0.123. The molecule has 0 aromatic heterocycles. The molecule has 2 fully saturated rings. The van der Waals surface area contributed by atoms with Gasteiger partial charge in [0.2, 0.25) is 0 Å². The molecule has 3 atom stereocenters. The van der Waals surface area contributed by atoms with Crippen molar-refractivity contribution in [1.82, 2.24) is 0 Å². The molecular weight excluding hydrogens is 266 g/mol. The van der Waals surface area contributed by atoms with E-state index in [-0.39, 0.29) is 5.56 Å². The summed E-state index contributed by atoms with van der Waals surface area (Å²) in [4.78, 5) is 0. The second-order valence-electron chi connectivity index (χ2n) is 6.63. The summed E-state index contributed by atoms with van der Waals surface area (Å²) in [5.41, 5.74) is 5.03. The predicted molar refractivity (Wildman–Crippen MR) is 79.8 cm³/mol. The number of allylic oxidation sites excluding steroid dienone is 1. The van der Waals surface area contributed by atoms with Gasteiger partial charge in [0.15, 0.2) is 0 Å². The van der Waals surface area contributed by atoms with Crippen LogP contribution in [0, 0.1) is 37.0 Å². The van der Waals surface area contributed by atoms with Gasteiger partial charge in [0, 0.05) is 5.56 Å². The lowest BCUT2D eigenvalue weighted by Gasteiger charge is -2.40. The van der Waals surface area contributed by atoms with E-state index in [0.717, 1.165) is 44.1 Å². The quantitative estimate of drug-likeness (QED) is 0.601. The third-order valence-electron chi connectivity index (χ3n) is 5.44. The lowest BCUT2D eigenvalue weighted by molar-refractivity contribution is 0.180. The van der Waals surface area contributed by atoms with Crippen molar-refractivity contribution in [2.45, 2.75) is 51.4 Å². The summed E-state index contributed by atoms with van der Waals surface area (Å²) >= 11 is 0. The number of benzene rings is 1. The maximum atomic E-state index is 13.8. The summed E-state index contributed by atoms with van der Waals surface area (Å²) in [6.07, 6.45) is 6.41. The number of hydrogen-bond donors (Lipinski definition) is 0. The van der Waals surface area contributed by atoms with Crippen LogP contribution in [0.1, 0.15) is 55.6 Å². The Kier molecular flexibility index (Phi) is 3.99. The van der Waals surface area contributed by atoms with Crippen molar-refractivity contribution < 1.29 is 8.78 Å². The van der Waals surface area contributed by atoms with Crippen molar-refractivity contribution in [1.29, 1.82) is 0 Å². The molecule has 1 aromatic rings. The maximum absolute atomic E-state index is 13.8. The van der Waals surface area contributed by atoms with E-state index in [0.29, 0.717) is 17.8 Å². The highest BCUT2D eigenvalue weighted by Gasteiger charge is 2.34. The molecule has 2 aliphatic carbocycles. The molecular formula is C19H21F2. The van der Waals surface area contributed by atoms with Crippen molar-refractivity contribution in [3.8, 4) is 0 Å². The minimum Gasteiger partial charge on any atom is -0.207 e. The lowest BCUT2D eigenvalue weighted by Crippen LogP contribution is -2.27. The Morgan fingerprint density at radius 1 is 1.10 bits per heavy atom. The van der Waals surface area contributed by atoms with E-state index in [1.807, 2.05) is 0 Å². The Bertz CT molecular complexity index is 573. The maximum Gasteiger partial charge on any atom is 0.129 e. The summed E-state index contributed by atoms with van der Waals surface area (Å²) in [6, 6.07) is 3.07. The largest absolute Gasteiger partial charge is 0.207 e. The van der Waals surface area contributed by atoms with Gasteiger partial charge in [-0.15, -0.1) is 5.73 Å². The van der Waals surface area contributed by atoms with Crippen LogP contribution in [0.25, 0.3) is 0 Å². The first-order valence-corrected chi connectivity index (χ1v) is 7.85. The molecule has 3 unspecified atom stereocenters. The lowest BCUT2D eigenvalue weighted by atomic mass is 9.65. The van der Waals surface area contributed by atoms with Gasteiger partial charge in [0.05, 0.1) is 0 Å². The Hall–Kier alpha value is -1.40. The fourth-order valence-corrected chi connectivity index (χ4v) is 4.06. The summed E-state index contributed by atoms with van der Waals surface area (Å²) in [5.74, 6) is 0.801. The van der Waals surface area contributed by atoms with E-state index >= 15 is 0 Å². The van der Waals surface area contributed by atoms with E-state index in [4.69, 9.17) is 6.58 Å². The fourth-order valence-electron chi connectivity index (χ4n) is 4.06. The zero-order valence-electron chi connectivity index (χ0n) is 12.5. The van der Waals surface area contributed by atoms with Gasteiger partial charge in [-0.2, -0.15) is 0 Å². The van der Waals surface area contributed by atoms with Gasteiger partial charge < -0.3 is 0 Å². The SMILES string of the molecule is [CH]=C=C1CCC2CC(c3cc(F)c(C)c(F)c3)CCC2C1. The first kappa shape index (κ1) is 14.5. The second kappa shape index (κ2) is 5.77. The van der Waals surface area contributed by atoms with Crippen LogP contribution in [0.15, 0.2) is 23.4 Å². The van der Waals surface area contributed by atoms with Crippen LogP contribution in [-0.4, -0.2) is 0 Å². The third-order valence-corrected chi connectivity index (χ3v) is 5.44. The topological polar surface area (TPSA) is 0 Å². The molecule has 0 heterocycles. The molecule has 2 aliphatic rings. The van der Waals surface area contributed by atoms with Crippen LogP contribution in [0.3, 0.4) is 0 Å². The van der Waals surface area contributed by atoms with Gasteiger partial charge in [-0.1, -0.05) is 0 Å². The van der Waals surface area contributed by atoms with E-state index in [9.17, 15) is 8.78 Å². The molecule has 21 heavy (non-hydrogen) atoms. The molecule has 0 nitrogen and oxygen atoms in total. The smallest absolute Gasteiger partial charge is 0.129 e. The molecule has 0 amide bonds. The molecule has 1 radical (unpaired) electrons. The van der Waals surface area contributed by atoms with Gasteiger partial charge in [0.25, 0.3) is 0 Å². The third kappa shape index (κ3) is 2.82. The van der Waals surface area contributed by atoms with E-state index in [2.05, 4.69) is 5.73 Å². The first-order chi connectivity index (χ1) is 10.1. The van der Waals surface area contributed by atoms with E-state index in [1.54, 1.807) is 0 Å². The summed E-state index contributed by atoms with van der Waals surface area (Å²) in [5, 5.41) is 0. The van der Waals surface area contributed by atoms with Crippen LogP contribution in [0.2, 0.25) is 0 Å². The Balaban J connectivity index is 1.77. The second-order valence-corrected chi connectivity index (χ2v) is 6.63. The minimum atomic E-state index is -0.418. The molecule has 0 aliphatic heterocycles. The van der Waals surface area contributed by atoms with Crippen molar-refractivity contribution in [3.63, 3.8) is 0 Å². The highest BCUT2D eigenvalue weighted by molar-refractivity contribution is 5.28. The molecule has 1 aromatic carbocycles. The van der Waals surface area contributed by atoms with Gasteiger partial charge in [-0.05, 0) is 93.1 Å². The van der Waals surface area contributed by atoms with Crippen LogP contribution >= 0.6 is 0 Å². The Labute approximate surface area is 125 Å². The van der Waals surface area contributed by atoms with Crippen molar-refractivity contribution in [2.75, 3.05) is 0 Å². The summed E-state index contributed by atoms with van der Waals surface area (Å²) < 4.78 is 27.5. The molecule has 0 bridgehead atoms. The molecule has 3 rings (SSSR count). The van der Waals surface area contributed by atoms with Crippen molar-refractivity contribution in [3.05, 3.63) is 52.8 Å². The Morgan fingerprint density at radius 3 is 2.48 bits per heavy atom.